The number of rotatable bonds is 6. The zero-order valence-corrected chi connectivity index (χ0v) is 19.6. The summed E-state index contributed by atoms with van der Waals surface area (Å²) < 4.78 is 1.66. The topological polar surface area (TPSA) is 95.7 Å². The quantitative estimate of drug-likeness (QED) is 0.598. The summed E-state index contributed by atoms with van der Waals surface area (Å²) in [6.45, 7) is 4.93. The zero-order chi connectivity index (χ0) is 22.8. The van der Waals surface area contributed by atoms with Gasteiger partial charge in [-0.15, -0.1) is 26.6 Å². The molecule has 5 rings (SSSR count). The van der Waals surface area contributed by atoms with Crippen LogP contribution in [0, 0.1) is 5.92 Å². The van der Waals surface area contributed by atoms with E-state index < -0.39 is 6.04 Å². The smallest absolute Gasteiger partial charge is 0.245 e. The van der Waals surface area contributed by atoms with E-state index in [4.69, 9.17) is 0 Å². The second-order valence-electron chi connectivity index (χ2n) is 8.82. The summed E-state index contributed by atoms with van der Waals surface area (Å²) in [7, 11) is 0. The molecular weight excluding hydrogens is 438 g/mol. The Labute approximate surface area is 196 Å². The van der Waals surface area contributed by atoms with Gasteiger partial charge in [0, 0.05) is 37.0 Å². The fourth-order valence-corrected chi connectivity index (χ4v) is 5.64. The van der Waals surface area contributed by atoms with Crippen LogP contribution < -0.4 is 10.2 Å². The Balaban J connectivity index is 1.18. The van der Waals surface area contributed by atoms with Gasteiger partial charge >= 0.3 is 0 Å². The zero-order valence-electron chi connectivity index (χ0n) is 18.8. The van der Waals surface area contributed by atoms with E-state index in [0.29, 0.717) is 18.6 Å². The SMILES string of the molecule is CCCC(NC(=O)C1CCN(c2ccc3nncn3n2)CC1)C(=O)N1CCc2sccc2C1. The number of amides is 2. The third-order valence-electron chi connectivity index (χ3n) is 6.65. The van der Waals surface area contributed by atoms with E-state index in [1.165, 1.54) is 10.4 Å². The molecule has 5 heterocycles. The fourth-order valence-electron chi connectivity index (χ4n) is 4.75. The Morgan fingerprint density at radius 2 is 2.06 bits per heavy atom. The lowest BCUT2D eigenvalue weighted by molar-refractivity contribution is -0.138. The first-order valence-electron chi connectivity index (χ1n) is 11.7. The minimum Gasteiger partial charge on any atom is -0.355 e. The molecule has 2 aliphatic rings. The maximum absolute atomic E-state index is 13.2. The molecule has 1 unspecified atom stereocenters. The van der Waals surface area contributed by atoms with Crippen LogP contribution in [0.1, 0.15) is 43.0 Å². The van der Waals surface area contributed by atoms with Gasteiger partial charge in [0.05, 0.1) is 0 Å². The number of fused-ring (bicyclic) bond motifs is 2. The lowest BCUT2D eigenvalue weighted by Gasteiger charge is -2.34. The van der Waals surface area contributed by atoms with Crippen LogP contribution in [0.5, 0.6) is 0 Å². The standard InChI is InChI=1S/C23H29N7O2S/c1-2-3-18(23(32)29-12-8-19-17(14-29)9-13-33-19)25-22(31)16-6-10-28(11-7-16)21-5-4-20-26-24-15-30(20)27-21/h4-5,9,13,15-16,18H,2-3,6-8,10-12,14H2,1H3,(H,25,31). The third-order valence-corrected chi connectivity index (χ3v) is 7.67. The van der Waals surface area contributed by atoms with Crippen LogP contribution in [-0.4, -0.2) is 62.2 Å². The van der Waals surface area contributed by atoms with Crippen molar-refractivity contribution in [1.82, 2.24) is 30.0 Å². The van der Waals surface area contributed by atoms with Gasteiger partial charge < -0.3 is 15.1 Å². The second kappa shape index (κ2) is 9.46. The van der Waals surface area contributed by atoms with Crippen LogP contribution in [0.25, 0.3) is 5.65 Å². The van der Waals surface area contributed by atoms with Crippen LogP contribution in [0.3, 0.4) is 0 Å². The summed E-state index contributed by atoms with van der Waals surface area (Å²) in [5.74, 6) is 0.817. The molecule has 10 heteroatoms. The van der Waals surface area contributed by atoms with Gasteiger partial charge in [-0.3, -0.25) is 9.59 Å². The number of hydrogen-bond acceptors (Lipinski definition) is 7. The summed E-state index contributed by atoms with van der Waals surface area (Å²) in [6, 6.07) is 5.50. The number of aromatic nitrogens is 4. The van der Waals surface area contributed by atoms with Gasteiger partial charge in [0.25, 0.3) is 0 Å². The molecule has 2 aliphatic heterocycles. The highest BCUT2D eigenvalue weighted by Gasteiger charge is 2.32. The molecule has 33 heavy (non-hydrogen) atoms. The largest absolute Gasteiger partial charge is 0.355 e. The monoisotopic (exact) mass is 467 g/mol. The van der Waals surface area contributed by atoms with Gasteiger partial charge in [0.2, 0.25) is 11.8 Å². The number of thiophene rings is 1. The first-order chi connectivity index (χ1) is 16.1. The molecule has 9 nitrogen and oxygen atoms in total. The van der Waals surface area contributed by atoms with E-state index >= 15 is 0 Å². The molecule has 0 radical (unpaired) electrons. The molecule has 0 aliphatic carbocycles. The summed E-state index contributed by atoms with van der Waals surface area (Å²) in [5.41, 5.74) is 1.95. The highest BCUT2D eigenvalue weighted by molar-refractivity contribution is 7.10. The van der Waals surface area contributed by atoms with Crippen molar-refractivity contribution in [3.05, 3.63) is 40.3 Å². The van der Waals surface area contributed by atoms with Crippen LogP contribution in [0.15, 0.2) is 29.9 Å². The first kappa shape index (κ1) is 21.8. The lowest BCUT2D eigenvalue weighted by atomic mass is 9.95. The Hall–Kier alpha value is -3.01. The first-order valence-corrected chi connectivity index (χ1v) is 12.6. The minimum absolute atomic E-state index is 0.00287. The molecule has 0 saturated carbocycles. The average Bonchev–Trinajstić information content (AvgIpc) is 3.51. The van der Waals surface area contributed by atoms with Crippen molar-refractivity contribution in [2.45, 2.75) is 51.6 Å². The lowest BCUT2D eigenvalue weighted by Crippen LogP contribution is -2.52. The van der Waals surface area contributed by atoms with Crippen LogP contribution in [0.4, 0.5) is 5.82 Å². The van der Waals surface area contributed by atoms with Gasteiger partial charge in [0.1, 0.15) is 18.2 Å². The van der Waals surface area contributed by atoms with E-state index in [9.17, 15) is 9.59 Å². The minimum atomic E-state index is -0.446. The number of piperidine rings is 1. The molecule has 0 bridgehead atoms. The number of carbonyl (C=O) groups excluding carboxylic acids is 2. The molecule has 1 atom stereocenters. The number of carbonyl (C=O) groups is 2. The third kappa shape index (κ3) is 4.57. The number of nitrogens with one attached hydrogen (secondary N) is 1. The molecule has 0 aromatic carbocycles. The van der Waals surface area contributed by atoms with Crippen molar-refractivity contribution in [2.75, 3.05) is 24.5 Å². The second-order valence-corrected chi connectivity index (χ2v) is 9.82. The molecule has 1 fully saturated rings. The predicted octanol–water partition coefficient (Wildman–Crippen LogP) is 2.27. The van der Waals surface area contributed by atoms with Crippen molar-refractivity contribution >= 4 is 34.6 Å². The molecule has 1 saturated heterocycles. The molecular formula is C23H29N7O2S. The number of anilines is 1. The van der Waals surface area contributed by atoms with Gasteiger partial charge in [-0.25, -0.2) is 0 Å². The fraction of sp³-hybridized carbons (Fsp3) is 0.522. The highest BCUT2D eigenvalue weighted by atomic mass is 32.1. The summed E-state index contributed by atoms with van der Waals surface area (Å²) in [5, 5.41) is 17.6. The Morgan fingerprint density at radius 1 is 1.21 bits per heavy atom. The number of hydrogen-bond donors (Lipinski definition) is 1. The van der Waals surface area contributed by atoms with E-state index in [1.54, 1.807) is 22.2 Å². The molecule has 2 amide bonds. The molecule has 174 valence electrons. The molecule has 0 spiro atoms. The molecule has 3 aromatic heterocycles. The molecule has 3 aromatic rings. The van der Waals surface area contributed by atoms with Crippen LogP contribution in [-0.2, 0) is 22.6 Å². The maximum atomic E-state index is 13.2. The average molecular weight is 468 g/mol. The normalized spacial score (nSPS) is 17.7. The van der Waals surface area contributed by atoms with E-state index in [0.717, 1.165) is 51.1 Å². The van der Waals surface area contributed by atoms with Crippen molar-refractivity contribution < 1.29 is 9.59 Å². The van der Waals surface area contributed by atoms with E-state index in [-0.39, 0.29) is 17.7 Å². The predicted molar refractivity (Wildman–Crippen MR) is 126 cm³/mol. The number of nitrogens with zero attached hydrogens (tertiary/aromatic N) is 6. The Bertz CT molecular complexity index is 1130. The van der Waals surface area contributed by atoms with Crippen LogP contribution in [0.2, 0.25) is 0 Å². The van der Waals surface area contributed by atoms with Crippen molar-refractivity contribution in [3.63, 3.8) is 0 Å². The van der Waals surface area contributed by atoms with Gasteiger partial charge in [-0.05, 0) is 54.8 Å². The van der Waals surface area contributed by atoms with Crippen molar-refractivity contribution in [3.8, 4) is 0 Å². The van der Waals surface area contributed by atoms with Gasteiger partial charge in [-0.1, -0.05) is 13.3 Å². The Morgan fingerprint density at radius 3 is 2.88 bits per heavy atom. The molecule has 1 N–H and O–H groups in total. The van der Waals surface area contributed by atoms with E-state index in [1.807, 2.05) is 17.0 Å². The maximum Gasteiger partial charge on any atom is 0.245 e. The van der Waals surface area contributed by atoms with Gasteiger partial charge in [0.15, 0.2) is 5.65 Å². The Kier molecular flexibility index (Phi) is 6.26. The highest BCUT2D eigenvalue weighted by Crippen LogP contribution is 2.25. The van der Waals surface area contributed by atoms with Crippen molar-refractivity contribution in [2.24, 2.45) is 5.92 Å². The van der Waals surface area contributed by atoms with Crippen LogP contribution >= 0.6 is 11.3 Å². The summed E-state index contributed by atoms with van der Waals surface area (Å²) in [4.78, 5) is 31.8. The van der Waals surface area contributed by atoms with Gasteiger partial charge in [-0.2, -0.15) is 4.52 Å². The summed E-state index contributed by atoms with van der Waals surface area (Å²) in [6.07, 6.45) is 5.49. The van der Waals surface area contributed by atoms with E-state index in [2.05, 4.69) is 43.9 Å². The summed E-state index contributed by atoms with van der Waals surface area (Å²) >= 11 is 1.76. The van der Waals surface area contributed by atoms with Crippen molar-refractivity contribution in [1.29, 1.82) is 0 Å².